The minimum Gasteiger partial charge on any atom is -0.391 e. The molecule has 24 heavy (non-hydrogen) atoms. The van der Waals surface area contributed by atoms with E-state index in [0.717, 1.165) is 35.9 Å². The van der Waals surface area contributed by atoms with E-state index >= 15 is 0 Å². The molecule has 1 fully saturated rings. The van der Waals surface area contributed by atoms with E-state index in [-0.39, 0.29) is 25.7 Å². The van der Waals surface area contributed by atoms with E-state index in [2.05, 4.69) is 16.0 Å². The van der Waals surface area contributed by atoms with Crippen LogP contribution in [0, 0.1) is 0 Å². The van der Waals surface area contributed by atoms with Crippen LogP contribution in [0.15, 0.2) is 35.3 Å². The van der Waals surface area contributed by atoms with Crippen molar-refractivity contribution in [1.82, 2.24) is 9.97 Å². The lowest BCUT2D eigenvalue weighted by molar-refractivity contribution is -0.0569. The molecule has 3 atom stereocenters. The average molecular weight is 369 g/mol. The van der Waals surface area contributed by atoms with Crippen LogP contribution in [0.25, 0.3) is 0 Å². The molecule has 0 bridgehead atoms. The van der Waals surface area contributed by atoms with Crippen molar-refractivity contribution in [2.45, 2.75) is 45.0 Å². The molecule has 4 rings (SSSR count). The Bertz CT molecular complexity index is 579. The number of nitrogens with zero attached hydrogens (tertiary/aromatic N) is 2. The highest BCUT2D eigenvalue weighted by Gasteiger charge is 2.22. The van der Waals surface area contributed by atoms with Gasteiger partial charge in [0.05, 0.1) is 19.3 Å². The SMILES string of the molecule is C.C1=CCC(c2nccs2)OC1.OC1CCC(c2nccs2)OC1. The Kier molecular flexibility index (Phi) is 8.01. The predicted octanol–water partition coefficient (Wildman–Crippen LogP) is 4.15. The van der Waals surface area contributed by atoms with Crippen LogP contribution in [-0.4, -0.2) is 34.4 Å². The Morgan fingerprint density at radius 3 is 2.17 bits per heavy atom. The van der Waals surface area contributed by atoms with Gasteiger partial charge in [0.25, 0.3) is 0 Å². The van der Waals surface area contributed by atoms with Gasteiger partial charge in [0.1, 0.15) is 22.2 Å². The van der Waals surface area contributed by atoms with Gasteiger partial charge in [-0.15, -0.1) is 22.7 Å². The van der Waals surface area contributed by atoms with E-state index in [1.165, 1.54) is 0 Å². The predicted molar refractivity (Wildman–Crippen MR) is 97.3 cm³/mol. The first-order valence-corrected chi connectivity index (χ1v) is 9.44. The second-order valence-electron chi connectivity index (χ2n) is 5.32. The van der Waals surface area contributed by atoms with E-state index in [1.807, 2.05) is 23.0 Å². The van der Waals surface area contributed by atoms with Crippen molar-refractivity contribution in [3.05, 3.63) is 45.3 Å². The zero-order chi connectivity index (χ0) is 15.9. The topological polar surface area (TPSA) is 64.5 Å². The minimum absolute atomic E-state index is 0. The summed E-state index contributed by atoms with van der Waals surface area (Å²) in [6.45, 7) is 1.18. The first-order valence-electron chi connectivity index (χ1n) is 7.68. The largest absolute Gasteiger partial charge is 0.391 e. The van der Waals surface area contributed by atoms with Gasteiger partial charge >= 0.3 is 0 Å². The van der Waals surface area contributed by atoms with Gasteiger partial charge in [-0.25, -0.2) is 9.97 Å². The van der Waals surface area contributed by atoms with E-state index < -0.39 is 0 Å². The maximum absolute atomic E-state index is 9.18. The summed E-state index contributed by atoms with van der Waals surface area (Å²) >= 11 is 3.27. The van der Waals surface area contributed by atoms with Gasteiger partial charge in [0.2, 0.25) is 0 Å². The van der Waals surface area contributed by atoms with Gasteiger partial charge in [-0.1, -0.05) is 19.6 Å². The smallest absolute Gasteiger partial charge is 0.122 e. The molecule has 0 aliphatic carbocycles. The van der Waals surface area contributed by atoms with E-state index in [0.29, 0.717) is 6.61 Å². The fraction of sp³-hybridized carbons (Fsp3) is 0.529. The average Bonchev–Trinajstić information content (AvgIpc) is 3.31. The second kappa shape index (κ2) is 10.0. The second-order valence-corrected chi connectivity index (χ2v) is 7.18. The number of thiazole rings is 2. The van der Waals surface area contributed by atoms with Crippen LogP contribution in [0.1, 0.15) is 48.9 Å². The summed E-state index contributed by atoms with van der Waals surface area (Å²) in [4.78, 5) is 8.38. The summed E-state index contributed by atoms with van der Waals surface area (Å²) in [5, 5.41) is 15.2. The number of ether oxygens (including phenoxy) is 2. The van der Waals surface area contributed by atoms with Crippen LogP contribution in [-0.2, 0) is 9.47 Å². The standard InChI is InChI=1S/C8H11NO2S.C8H9NOS.CH4/c10-6-1-2-7(11-5-6)8-9-3-4-12-8;1-2-5-10-7(3-1)8-9-4-6-11-8;/h3-4,6-7,10H,1-2,5H2;1-2,4,6-7H,3,5H2;1H4. The Hall–Kier alpha value is -1.12. The normalized spacial score (nSPS) is 26.1. The number of aromatic nitrogens is 2. The zero-order valence-corrected chi connectivity index (χ0v) is 14.3. The molecule has 2 aliphatic rings. The van der Waals surface area contributed by atoms with Gasteiger partial charge in [-0.2, -0.15) is 0 Å². The molecule has 0 amide bonds. The lowest BCUT2D eigenvalue weighted by Gasteiger charge is -2.24. The van der Waals surface area contributed by atoms with Crippen molar-refractivity contribution in [3.63, 3.8) is 0 Å². The van der Waals surface area contributed by atoms with Crippen molar-refractivity contribution in [1.29, 1.82) is 0 Å². The first-order chi connectivity index (χ1) is 11.3. The quantitative estimate of drug-likeness (QED) is 0.807. The molecule has 0 aromatic carbocycles. The molecule has 132 valence electrons. The first kappa shape index (κ1) is 19.2. The van der Waals surface area contributed by atoms with Gasteiger partial charge in [0.15, 0.2) is 0 Å². The lowest BCUT2D eigenvalue weighted by atomic mass is 10.1. The Balaban J connectivity index is 0.000000167. The van der Waals surface area contributed by atoms with Crippen LogP contribution in [0.4, 0.5) is 0 Å². The molecule has 3 unspecified atom stereocenters. The van der Waals surface area contributed by atoms with Crippen molar-refractivity contribution in [3.8, 4) is 0 Å². The van der Waals surface area contributed by atoms with Crippen LogP contribution < -0.4 is 0 Å². The summed E-state index contributed by atoms with van der Waals surface area (Å²) in [7, 11) is 0. The third kappa shape index (κ3) is 5.46. The van der Waals surface area contributed by atoms with Crippen LogP contribution in [0.3, 0.4) is 0 Å². The zero-order valence-electron chi connectivity index (χ0n) is 12.7. The van der Waals surface area contributed by atoms with Crippen molar-refractivity contribution >= 4 is 22.7 Å². The molecule has 1 saturated heterocycles. The van der Waals surface area contributed by atoms with Crippen LogP contribution >= 0.6 is 22.7 Å². The monoisotopic (exact) mass is 368 g/mol. The lowest BCUT2D eigenvalue weighted by Crippen LogP contribution is -2.24. The molecule has 2 aromatic rings. The molecular weight excluding hydrogens is 344 g/mol. The molecule has 2 aromatic heterocycles. The summed E-state index contributed by atoms with van der Waals surface area (Å²) < 4.78 is 10.9. The molecule has 7 heteroatoms. The molecule has 1 N–H and O–H groups in total. The van der Waals surface area contributed by atoms with Crippen molar-refractivity contribution < 1.29 is 14.6 Å². The highest BCUT2D eigenvalue weighted by atomic mass is 32.1. The summed E-state index contributed by atoms with van der Waals surface area (Å²) in [5.74, 6) is 0. The maximum Gasteiger partial charge on any atom is 0.122 e. The van der Waals surface area contributed by atoms with Gasteiger partial charge in [0, 0.05) is 23.2 Å². The van der Waals surface area contributed by atoms with Gasteiger partial charge < -0.3 is 14.6 Å². The summed E-state index contributed by atoms with van der Waals surface area (Å²) in [6, 6.07) is 0. The fourth-order valence-electron chi connectivity index (χ4n) is 2.42. The van der Waals surface area contributed by atoms with Gasteiger partial charge in [-0.3, -0.25) is 0 Å². The number of aliphatic hydroxyl groups excluding tert-OH is 1. The summed E-state index contributed by atoms with van der Waals surface area (Å²) in [5.41, 5.74) is 0. The number of aliphatic hydroxyl groups is 1. The maximum atomic E-state index is 9.18. The molecule has 4 heterocycles. The van der Waals surface area contributed by atoms with Crippen LogP contribution in [0.5, 0.6) is 0 Å². The highest BCUT2D eigenvalue weighted by Crippen LogP contribution is 2.29. The minimum atomic E-state index is -0.277. The van der Waals surface area contributed by atoms with Crippen molar-refractivity contribution in [2.75, 3.05) is 13.2 Å². The van der Waals surface area contributed by atoms with E-state index in [1.54, 1.807) is 28.9 Å². The van der Waals surface area contributed by atoms with E-state index in [4.69, 9.17) is 9.47 Å². The summed E-state index contributed by atoms with van der Waals surface area (Å²) in [6.07, 6.45) is 10.5. The third-order valence-electron chi connectivity index (χ3n) is 3.62. The molecule has 0 spiro atoms. The molecule has 2 aliphatic heterocycles. The number of hydrogen-bond donors (Lipinski definition) is 1. The Morgan fingerprint density at radius 1 is 0.958 bits per heavy atom. The Morgan fingerprint density at radius 2 is 1.67 bits per heavy atom. The van der Waals surface area contributed by atoms with E-state index in [9.17, 15) is 5.11 Å². The molecular formula is C17H24N2O3S2. The number of rotatable bonds is 2. The van der Waals surface area contributed by atoms with Gasteiger partial charge in [-0.05, 0) is 19.3 Å². The molecule has 5 nitrogen and oxygen atoms in total. The number of hydrogen-bond acceptors (Lipinski definition) is 7. The molecule has 0 saturated carbocycles. The van der Waals surface area contributed by atoms with Crippen molar-refractivity contribution in [2.24, 2.45) is 0 Å². The third-order valence-corrected chi connectivity index (χ3v) is 5.35. The Labute approximate surface area is 151 Å². The highest BCUT2D eigenvalue weighted by molar-refractivity contribution is 7.09. The molecule has 0 radical (unpaired) electrons. The fourth-order valence-corrected chi connectivity index (χ4v) is 3.84. The van der Waals surface area contributed by atoms with Crippen LogP contribution in [0.2, 0.25) is 0 Å².